The topological polar surface area (TPSA) is 82.1 Å². The lowest BCUT2D eigenvalue weighted by Crippen LogP contribution is -2.14. The number of ketones is 1. The number of rotatable bonds is 8. The minimum Gasteiger partial charge on any atom is -0.504 e. The van der Waals surface area contributed by atoms with Crippen LogP contribution in [-0.2, 0) is 16.0 Å². The number of halogens is 1. The van der Waals surface area contributed by atoms with Crippen molar-refractivity contribution in [3.05, 3.63) is 53.3 Å². The Kier molecular flexibility index (Phi) is 6.54. The number of esters is 1. The molecular formula is C19H19FO6. The Balaban J connectivity index is 1.83. The van der Waals surface area contributed by atoms with Gasteiger partial charge in [-0.25, -0.2) is 4.39 Å². The summed E-state index contributed by atoms with van der Waals surface area (Å²) in [5.74, 6) is -1.39. The summed E-state index contributed by atoms with van der Waals surface area (Å²) in [6.45, 7) is -0.474. The van der Waals surface area contributed by atoms with Gasteiger partial charge in [0.25, 0.3) is 0 Å². The molecule has 138 valence electrons. The van der Waals surface area contributed by atoms with E-state index in [-0.39, 0.29) is 23.5 Å². The van der Waals surface area contributed by atoms with E-state index in [4.69, 9.17) is 14.2 Å². The van der Waals surface area contributed by atoms with E-state index in [2.05, 4.69) is 0 Å². The van der Waals surface area contributed by atoms with Gasteiger partial charge < -0.3 is 19.3 Å². The third-order valence-electron chi connectivity index (χ3n) is 3.70. The van der Waals surface area contributed by atoms with Crippen LogP contribution in [0.2, 0.25) is 0 Å². The van der Waals surface area contributed by atoms with Crippen molar-refractivity contribution >= 4 is 11.8 Å². The highest BCUT2D eigenvalue weighted by atomic mass is 19.1. The third kappa shape index (κ3) is 4.95. The number of hydrogen-bond acceptors (Lipinski definition) is 6. The Morgan fingerprint density at radius 2 is 1.73 bits per heavy atom. The summed E-state index contributed by atoms with van der Waals surface area (Å²) in [6, 6.07) is 8.58. The van der Waals surface area contributed by atoms with E-state index < -0.39 is 24.2 Å². The summed E-state index contributed by atoms with van der Waals surface area (Å²) in [4.78, 5) is 23.7. The molecule has 2 aromatic rings. The van der Waals surface area contributed by atoms with Gasteiger partial charge in [0.1, 0.15) is 0 Å². The zero-order valence-electron chi connectivity index (χ0n) is 14.5. The Bertz CT molecular complexity index is 803. The maximum absolute atomic E-state index is 13.6. The van der Waals surface area contributed by atoms with E-state index in [0.29, 0.717) is 12.2 Å². The fourth-order valence-corrected chi connectivity index (χ4v) is 2.28. The molecule has 0 radical (unpaired) electrons. The molecule has 0 fully saturated rings. The molecule has 26 heavy (non-hydrogen) atoms. The molecule has 0 heterocycles. The van der Waals surface area contributed by atoms with Crippen LogP contribution in [0.25, 0.3) is 0 Å². The number of phenols is 1. The van der Waals surface area contributed by atoms with E-state index in [1.807, 2.05) is 0 Å². The van der Waals surface area contributed by atoms with Crippen LogP contribution in [0, 0.1) is 5.82 Å². The first-order valence-electron chi connectivity index (χ1n) is 7.83. The second-order valence-electron chi connectivity index (χ2n) is 5.44. The quantitative estimate of drug-likeness (QED) is 0.574. The van der Waals surface area contributed by atoms with Gasteiger partial charge in [-0.05, 0) is 42.3 Å². The van der Waals surface area contributed by atoms with Gasteiger partial charge in [-0.15, -0.1) is 0 Å². The maximum Gasteiger partial charge on any atom is 0.306 e. The van der Waals surface area contributed by atoms with Crippen molar-refractivity contribution in [2.75, 3.05) is 20.8 Å². The molecule has 0 saturated heterocycles. The first-order valence-corrected chi connectivity index (χ1v) is 7.83. The van der Waals surface area contributed by atoms with Crippen LogP contribution in [0.1, 0.15) is 22.3 Å². The number of carbonyl (C=O) groups excluding carboxylic acids is 2. The lowest BCUT2D eigenvalue weighted by atomic mass is 10.1. The molecule has 7 heteroatoms. The standard InChI is InChI=1S/C19H19FO6/c1-24-17-7-5-13(10-14(17)20)16(22)11-26-19(23)8-4-12-3-6-18(25-2)15(21)9-12/h3,5-7,9-10,21H,4,8,11H2,1-2H3. The van der Waals surface area contributed by atoms with Gasteiger partial charge in [0, 0.05) is 12.0 Å². The lowest BCUT2D eigenvalue weighted by molar-refractivity contribution is -0.142. The van der Waals surface area contributed by atoms with Crippen molar-refractivity contribution in [2.24, 2.45) is 0 Å². The molecule has 0 aliphatic heterocycles. The van der Waals surface area contributed by atoms with Crippen LogP contribution in [0.4, 0.5) is 4.39 Å². The Morgan fingerprint density at radius 1 is 1.04 bits per heavy atom. The van der Waals surface area contributed by atoms with Crippen molar-refractivity contribution in [3.63, 3.8) is 0 Å². The second-order valence-corrected chi connectivity index (χ2v) is 5.44. The number of carbonyl (C=O) groups is 2. The number of Topliss-reactive ketones (excluding diaryl/α,β-unsaturated/α-hetero) is 1. The second kappa shape index (κ2) is 8.84. The molecule has 6 nitrogen and oxygen atoms in total. The molecule has 0 bridgehead atoms. The predicted molar refractivity (Wildman–Crippen MR) is 91.2 cm³/mol. The Morgan fingerprint density at radius 3 is 2.35 bits per heavy atom. The van der Waals surface area contributed by atoms with Crippen molar-refractivity contribution < 1.29 is 33.3 Å². The fourth-order valence-electron chi connectivity index (χ4n) is 2.28. The molecule has 0 unspecified atom stereocenters. The van der Waals surface area contributed by atoms with Crippen molar-refractivity contribution in [1.82, 2.24) is 0 Å². The SMILES string of the molecule is COc1ccc(CCC(=O)OCC(=O)c2ccc(OC)c(F)c2)cc1O. The minimum absolute atomic E-state index is 0.0184. The van der Waals surface area contributed by atoms with Gasteiger partial charge in [-0.1, -0.05) is 6.07 Å². The van der Waals surface area contributed by atoms with E-state index in [9.17, 15) is 19.1 Å². The molecule has 1 N–H and O–H groups in total. The highest BCUT2D eigenvalue weighted by Crippen LogP contribution is 2.26. The predicted octanol–water partition coefficient (Wildman–Crippen LogP) is 2.91. The van der Waals surface area contributed by atoms with Gasteiger partial charge >= 0.3 is 5.97 Å². The number of aromatic hydroxyl groups is 1. The summed E-state index contributed by atoms with van der Waals surface area (Å²) in [7, 11) is 2.77. The third-order valence-corrected chi connectivity index (χ3v) is 3.70. The Labute approximate surface area is 150 Å². The summed E-state index contributed by atoms with van der Waals surface area (Å²) >= 11 is 0. The Hall–Kier alpha value is -3.09. The monoisotopic (exact) mass is 362 g/mol. The van der Waals surface area contributed by atoms with Crippen molar-refractivity contribution in [2.45, 2.75) is 12.8 Å². The van der Waals surface area contributed by atoms with E-state index >= 15 is 0 Å². The number of hydrogen-bond donors (Lipinski definition) is 1. The molecule has 0 spiro atoms. The molecular weight excluding hydrogens is 343 g/mol. The van der Waals surface area contributed by atoms with Crippen LogP contribution in [0.15, 0.2) is 36.4 Å². The summed E-state index contributed by atoms with van der Waals surface area (Å²) in [5.41, 5.74) is 0.819. The van der Waals surface area contributed by atoms with E-state index in [1.165, 1.54) is 32.4 Å². The molecule has 0 aliphatic rings. The maximum atomic E-state index is 13.6. The molecule has 2 aromatic carbocycles. The fraction of sp³-hybridized carbons (Fsp3) is 0.263. The average molecular weight is 362 g/mol. The highest BCUT2D eigenvalue weighted by molar-refractivity contribution is 5.98. The van der Waals surface area contributed by atoms with Crippen LogP contribution in [0.3, 0.4) is 0 Å². The van der Waals surface area contributed by atoms with Crippen LogP contribution < -0.4 is 9.47 Å². The zero-order chi connectivity index (χ0) is 19.1. The molecule has 0 amide bonds. The number of aryl methyl sites for hydroxylation is 1. The van der Waals surface area contributed by atoms with Crippen LogP contribution in [0.5, 0.6) is 17.2 Å². The molecule has 0 aromatic heterocycles. The first-order chi connectivity index (χ1) is 12.4. The normalized spacial score (nSPS) is 10.3. The number of benzene rings is 2. The number of ether oxygens (including phenoxy) is 3. The molecule has 0 saturated carbocycles. The van der Waals surface area contributed by atoms with Gasteiger partial charge in [-0.2, -0.15) is 0 Å². The smallest absolute Gasteiger partial charge is 0.306 e. The van der Waals surface area contributed by atoms with Crippen molar-refractivity contribution in [3.8, 4) is 17.2 Å². The summed E-state index contributed by atoms with van der Waals surface area (Å²) < 4.78 is 28.2. The lowest BCUT2D eigenvalue weighted by Gasteiger charge is -2.07. The number of phenolic OH excluding ortho intramolecular Hbond substituents is 1. The van der Waals surface area contributed by atoms with E-state index in [1.54, 1.807) is 12.1 Å². The van der Waals surface area contributed by atoms with Gasteiger partial charge in [-0.3, -0.25) is 9.59 Å². The van der Waals surface area contributed by atoms with Crippen molar-refractivity contribution in [1.29, 1.82) is 0 Å². The van der Waals surface area contributed by atoms with Gasteiger partial charge in [0.2, 0.25) is 0 Å². The van der Waals surface area contributed by atoms with Crippen LogP contribution in [-0.4, -0.2) is 37.7 Å². The van der Waals surface area contributed by atoms with Gasteiger partial charge in [0.05, 0.1) is 14.2 Å². The average Bonchev–Trinajstić information content (AvgIpc) is 2.64. The largest absolute Gasteiger partial charge is 0.504 e. The van der Waals surface area contributed by atoms with E-state index in [0.717, 1.165) is 11.6 Å². The summed E-state index contributed by atoms with van der Waals surface area (Å²) in [6.07, 6.45) is 0.373. The van der Waals surface area contributed by atoms with Gasteiger partial charge in [0.15, 0.2) is 35.5 Å². The zero-order valence-corrected chi connectivity index (χ0v) is 14.5. The molecule has 0 aliphatic carbocycles. The number of methoxy groups -OCH3 is 2. The minimum atomic E-state index is -0.663. The molecule has 2 rings (SSSR count). The highest BCUT2D eigenvalue weighted by Gasteiger charge is 2.13. The molecule has 0 atom stereocenters. The first kappa shape index (κ1) is 19.2. The summed E-state index contributed by atoms with van der Waals surface area (Å²) in [5, 5.41) is 9.69. The van der Waals surface area contributed by atoms with Crippen LogP contribution >= 0.6 is 0 Å².